The highest BCUT2D eigenvalue weighted by Crippen LogP contribution is 2.42. The molecular weight excluding hydrogens is 394 g/mol. The van der Waals surface area contributed by atoms with Crippen LogP contribution in [-0.2, 0) is 6.42 Å². The smallest absolute Gasteiger partial charge is 0.252 e. The molecule has 2 fully saturated rings. The molecule has 158 valence electrons. The van der Waals surface area contributed by atoms with E-state index >= 15 is 0 Å². The fraction of sp³-hybridized carbons (Fsp3) is 0.480. The van der Waals surface area contributed by atoms with Gasteiger partial charge in [-0.25, -0.2) is 0 Å². The Balaban J connectivity index is 1.45. The van der Waals surface area contributed by atoms with Gasteiger partial charge in [-0.3, -0.25) is 9.69 Å². The van der Waals surface area contributed by atoms with E-state index in [1.165, 1.54) is 24.0 Å². The third kappa shape index (κ3) is 3.77. The Labute approximate surface area is 184 Å². The van der Waals surface area contributed by atoms with E-state index in [0.717, 1.165) is 49.5 Å². The molecule has 1 amide bonds. The number of hydrogen-bond acceptors (Lipinski definition) is 3. The molecule has 5 heteroatoms. The lowest BCUT2D eigenvalue weighted by molar-refractivity contribution is 0.0543. The van der Waals surface area contributed by atoms with E-state index in [1.54, 1.807) is 0 Å². The van der Waals surface area contributed by atoms with Crippen LogP contribution in [0.2, 0.25) is 5.02 Å². The quantitative estimate of drug-likeness (QED) is 0.763. The van der Waals surface area contributed by atoms with Crippen LogP contribution in [0.3, 0.4) is 0 Å². The first-order valence-electron chi connectivity index (χ1n) is 11.3. The predicted octanol–water partition coefficient (Wildman–Crippen LogP) is 4.50. The Bertz CT molecular complexity index is 931. The van der Waals surface area contributed by atoms with Gasteiger partial charge in [0.2, 0.25) is 0 Å². The molecule has 0 aliphatic carbocycles. The number of carbonyl (C=O) groups is 1. The Kier molecular flexibility index (Phi) is 5.57. The Morgan fingerprint density at radius 2 is 2.10 bits per heavy atom. The summed E-state index contributed by atoms with van der Waals surface area (Å²) in [6.07, 6.45) is 4.63. The fourth-order valence-electron chi connectivity index (χ4n) is 5.71. The molecule has 4 atom stereocenters. The summed E-state index contributed by atoms with van der Waals surface area (Å²) in [7, 11) is 0. The van der Waals surface area contributed by atoms with Crippen molar-refractivity contribution in [1.82, 2.24) is 15.5 Å². The van der Waals surface area contributed by atoms with E-state index in [1.807, 2.05) is 31.2 Å². The zero-order valence-corrected chi connectivity index (χ0v) is 18.3. The number of fused-ring (bicyclic) bond motifs is 4. The van der Waals surface area contributed by atoms with Gasteiger partial charge in [-0.05, 0) is 73.9 Å². The third-order valence-electron chi connectivity index (χ3n) is 7.24. The van der Waals surface area contributed by atoms with Crippen LogP contribution in [0.25, 0.3) is 0 Å². The first-order chi connectivity index (χ1) is 14.6. The Morgan fingerprint density at radius 1 is 1.27 bits per heavy atom. The molecular formula is C25H30ClN3O. The van der Waals surface area contributed by atoms with Gasteiger partial charge < -0.3 is 10.6 Å². The molecule has 3 heterocycles. The van der Waals surface area contributed by atoms with Crippen LogP contribution in [0.4, 0.5) is 0 Å². The molecule has 3 aliphatic rings. The van der Waals surface area contributed by atoms with Crippen LogP contribution in [-0.4, -0.2) is 36.5 Å². The summed E-state index contributed by atoms with van der Waals surface area (Å²) in [4.78, 5) is 16.0. The highest BCUT2D eigenvalue weighted by Gasteiger charge is 2.41. The lowest BCUT2D eigenvalue weighted by Crippen LogP contribution is -2.55. The molecule has 2 aromatic rings. The number of nitrogens with one attached hydrogen (secondary N) is 2. The zero-order valence-electron chi connectivity index (χ0n) is 17.5. The Morgan fingerprint density at radius 3 is 2.93 bits per heavy atom. The van der Waals surface area contributed by atoms with Crippen LogP contribution in [0.15, 0.2) is 42.5 Å². The molecule has 2 saturated heterocycles. The summed E-state index contributed by atoms with van der Waals surface area (Å²) in [5.74, 6) is 0.713. The summed E-state index contributed by atoms with van der Waals surface area (Å²) in [5, 5.41) is 7.61. The minimum absolute atomic E-state index is 0.0225. The molecule has 3 aliphatic heterocycles. The summed E-state index contributed by atoms with van der Waals surface area (Å²) >= 11 is 6.46. The number of nitrogens with zero attached hydrogens (tertiary/aromatic N) is 1. The van der Waals surface area contributed by atoms with Crippen molar-refractivity contribution in [3.05, 3.63) is 69.7 Å². The van der Waals surface area contributed by atoms with Crippen molar-refractivity contribution in [2.45, 2.75) is 50.7 Å². The van der Waals surface area contributed by atoms with Crippen molar-refractivity contribution in [3.63, 3.8) is 0 Å². The second-order valence-electron chi connectivity index (χ2n) is 9.09. The maximum atomic E-state index is 13.4. The van der Waals surface area contributed by atoms with Crippen LogP contribution in [0, 0.1) is 5.92 Å². The number of amides is 1. The van der Waals surface area contributed by atoms with Gasteiger partial charge >= 0.3 is 0 Å². The minimum Gasteiger partial charge on any atom is -0.346 e. The van der Waals surface area contributed by atoms with Crippen molar-refractivity contribution in [3.8, 4) is 0 Å². The van der Waals surface area contributed by atoms with E-state index in [9.17, 15) is 4.79 Å². The number of halogens is 1. The molecule has 0 bridgehead atoms. The molecule has 0 radical (unpaired) electrons. The average Bonchev–Trinajstić information content (AvgIpc) is 2.77. The van der Waals surface area contributed by atoms with Crippen LogP contribution >= 0.6 is 11.6 Å². The number of hydrogen-bond donors (Lipinski definition) is 2. The highest BCUT2D eigenvalue weighted by molar-refractivity contribution is 6.31. The van der Waals surface area contributed by atoms with E-state index < -0.39 is 0 Å². The van der Waals surface area contributed by atoms with E-state index in [4.69, 9.17) is 11.6 Å². The largest absolute Gasteiger partial charge is 0.346 e. The molecule has 4 nitrogen and oxygen atoms in total. The van der Waals surface area contributed by atoms with E-state index in [2.05, 4.69) is 33.7 Å². The van der Waals surface area contributed by atoms with Gasteiger partial charge in [-0.1, -0.05) is 41.9 Å². The van der Waals surface area contributed by atoms with Crippen LogP contribution in [0.1, 0.15) is 65.3 Å². The normalized spacial score (nSPS) is 26.8. The Hall–Kier alpha value is -1.88. The van der Waals surface area contributed by atoms with E-state index in [-0.39, 0.29) is 11.9 Å². The third-order valence-corrected chi connectivity index (χ3v) is 7.46. The summed E-state index contributed by atoms with van der Waals surface area (Å²) in [6, 6.07) is 14.9. The van der Waals surface area contributed by atoms with Crippen molar-refractivity contribution in [2.75, 3.05) is 19.6 Å². The maximum Gasteiger partial charge on any atom is 0.252 e. The van der Waals surface area contributed by atoms with Gasteiger partial charge in [-0.2, -0.15) is 0 Å². The number of piperidine rings is 2. The van der Waals surface area contributed by atoms with Gasteiger partial charge in [0.15, 0.2) is 0 Å². The zero-order chi connectivity index (χ0) is 20.7. The molecule has 5 rings (SSSR count). The molecule has 2 N–H and O–H groups in total. The van der Waals surface area contributed by atoms with Crippen molar-refractivity contribution < 1.29 is 4.79 Å². The van der Waals surface area contributed by atoms with Gasteiger partial charge in [-0.15, -0.1) is 0 Å². The SMILES string of the molecule is C[C@@H](NC(=O)c1cc(Cl)cc2c1[C@H]1C[C@H]3NCCC[C@H]3CN1CC2)c1ccccc1. The maximum absolute atomic E-state index is 13.4. The molecule has 0 saturated carbocycles. The molecule has 0 spiro atoms. The fourth-order valence-corrected chi connectivity index (χ4v) is 5.95. The van der Waals surface area contributed by atoms with Crippen molar-refractivity contribution in [2.24, 2.45) is 5.92 Å². The summed E-state index contributed by atoms with van der Waals surface area (Å²) in [6.45, 7) is 5.34. The molecule has 2 aromatic carbocycles. The van der Waals surface area contributed by atoms with Gasteiger partial charge in [0.25, 0.3) is 5.91 Å². The van der Waals surface area contributed by atoms with Crippen molar-refractivity contribution in [1.29, 1.82) is 0 Å². The van der Waals surface area contributed by atoms with Gasteiger partial charge in [0, 0.05) is 35.8 Å². The lowest BCUT2D eigenvalue weighted by atomic mass is 9.76. The van der Waals surface area contributed by atoms with Crippen LogP contribution < -0.4 is 10.6 Å². The number of rotatable bonds is 3. The first-order valence-corrected chi connectivity index (χ1v) is 11.6. The van der Waals surface area contributed by atoms with Crippen molar-refractivity contribution >= 4 is 17.5 Å². The summed E-state index contributed by atoms with van der Waals surface area (Å²) < 4.78 is 0. The van der Waals surface area contributed by atoms with Crippen LogP contribution in [0.5, 0.6) is 0 Å². The predicted molar refractivity (Wildman–Crippen MR) is 121 cm³/mol. The average molecular weight is 424 g/mol. The monoisotopic (exact) mass is 423 g/mol. The topological polar surface area (TPSA) is 44.4 Å². The highest BCUT2D eigenvalue weighted by atomic mass is 35.5. The first kappa shape index (κ1) is 20.0. The summed E-state index contributed by atoms with van der Waals surface area (Å²) in [5.41, 5.74) is 4.31. The number of carbonyl (C=O) groups excluding carboxylic acids is 1. The lowest BCUT2D eigenvalue weighted by Gasteiger charge is -2.49. The second-order valence-corrected chi connectivity index (χ2v) is 9.53. The van der Waals surface area contributed by atoms with E-state index in [0.29, 0.717) is 17.1 Å². The minimum atomic E-state index is -0.0521. The molecule has 0 unspecified atom stereocenters. The van der Waals surface area contributed by atoms with Gasteiger partial charge in [0.1, 0.15) is 0 Å². The standard InChI is InChI=1S/C25H30ClN3O/c1-16(17-6-3-2-4-7-17)28-25(30)21-13-20(26)12-18-9-11-29-15-19-8-5-10-27-22(19)14-23(29)24(18)21/h2-4,6-7,12-13,16,19,22-23,27H,5,8-11,14-15H2,1H3,(H,28,30)/t16-,19+,22-,23-/m1/s1. The molecule has 30 heavy (non-hydrogen) atoms. The second kappa shape index (κ2) is 8.33. The van der Waals surface area contributed by atoms with Gasteiger partial charge in [0.05, 0.1) is 6.04 Å². The molecule has 0 aromatic heterocycles. The number of benzene rings is 2.